The fraction of sp³-hybridized carbons (Fsp3) is 0.846. The molecule has 1 aliphatic heterocycles. The van der Waals surface area contributed by atoms with E-state index in [9.17, 15) is 14.7 Å². The van der Waals surface area contributed by atoms with Gasteiger partial charge in [-0.1, -0.05) is 6.92 Å². The summed E-state index contributed by atoms with van der Waals surface area (Å²) in [5.74, 6) is -0.884. The molecule has 0 aliphatic carbocycles. The van der Waals surface area contributed by atoms with E-state index in [-0.39, 0.29) is 5.92 Å². The molecule has 0 spiro atoms. The lowest BCUT2D eigenvalue weighted by molar-refractivity contribution is -0.152. The van der Waals surface area contributed by atoms with Gasteiger partial charge in [0.15, 0.2) is 0 Å². The number of nitrogens with one attached hydrogen (secondary N) is 1. The lowest BCUT2D eigenvalue weighted by Crippen LogP contribution is -2.47. The summed E-state index contributed by atoms with van der Waals surface area (Å²) in [7, 11) is 0. The van der Waals surface area contributed by atoms with E-state index in [1.54, 1.807) is 41.5 Å². The van der Waals surface area contributed by atoms with Gasteiger partial charge in [-0.25, -0.2) is 9.59 Å². The van der Waals surface area contributed by atoms with Gasteiger partial charge in [0.1, 0.15) is 17.7 Å². The zero-order valence-electron chi connectivity index (χ0n) is 12.3. The van der Waals surface area contributed by atoms with Crippen LogP contribution in [-0.2, 0) is 14.3 Å². The van der Waals surface area contributed by atoms with Crippen molar-refractivity contribution >= 4 is 12.1 Å². The van der Waals surface area contributed by atoms with Gasteiger partial charge < -0.3 is 19.9 Å². The minimum Gasteiger partial charge on any atom is -0.457 e. The van der Waals surface area contributed by atoms with Crippen LogP contribution in [0.15, 0.2) is 0 Å². The molecular weight excluding hydrogens is 250 g/mol. The highest BCUT2D eigenvalue weighted by Crippen LogP contribution is 2.30. The molecule has 3 atom stereocenters. The number of aliphatic hydroxyl groups is 1. The number of alkyl carbamates (subject to hydrolysis) is 1. The topological polar surface area (TPSA) is 84.9 Å². The maximum Gasteiger partial charge on any atom is 0.408 e. The number of cyclic esters (lactones) is 1. The molecule has 0 aromatic rings. The van der Waals surface area contributed by atoms with Crippen LogP contribution in [0.4, 0.5) is 4.79 Å². The second-order valence-corrected chi connectivity index (χ2v) is 6.49. The van der Waals surface area contributed by atoms with Crippen molar-refractivity contribution in [2.75, 3.05) is 0 Å². The van der Waals surface area contributed by atoms with Gasteiger partial charge in [-0.05, 0) is 34.6 Å². The van der Waals surface area contributed by atoms with E-state index in [2.05, 4.69) is 5.32 Å². The molecule has 1 fully saturated rings. The molecule has 2 N–H and O–H groups in total. The van der Waals surface area contributed by atoms with E-state index < -0.39 is 35.4 Å². The van der Waals surface area contributed by atoms with Crippen molar-refractivity contribution in [2.45, 2.75) is 64.9 Å². The smallest absolute Gasteiger partial charge is 0.408 e. The molecule has 1 amide bonds. The third kappa shape index (κ3) is 4.09. The molecule has 0 saturated carbocycles. The summed E-state index contributed by atoms with van der Waals surface area (Å²) in [5.41, 5.74) is -1.79. The van der Waals surface area contributed by atoms with Crippen LogP contribution in [-0.4, -0.2) is 40.5 Å². The van der Waals surface area contributed by atoms with Gasteiger partial charge in [-0.3, -0.25) is 0 Å². The van der Waals surface area contributed by atoms with Crippen molar-refractivity contribution in [2.24, 2.45) is 5.92 Å². The molecule has 0 bridgehead atoms. The van der Waals surface area contributed by atoms with E-state index >= 15 is 0 Å². The summed E-state index contributed by atoms with van der Waals surface area (Å²) in [6.07, 6.45) is -1.32. The third-order valence-electron chi connectivity index (χ3n) is 2.87. The molecule has 0 aromatic heterocycles. The van der Waals surface area contributed by atoms with E-state index in [4.69, 9.17) is 9.47 Å². The van der Waals surface area contributed by atoms with Gasteiger partial charge in [0.05, 0.1) is 5.60 Å². The summed E-state index contributed by atoms with van der Waals surface area (Å²) in [6.45, 7) is 10.1. The van der Waals surface area contributed by atoms with Crippen LogP contribution < -0.4 is 5.32 Å². The Balaban J connectivity index is 2.70. The summed E-state index contributed by atoms with van der Waals surface area (Å²) in [6, 6.07) is -0.800. The second-order valence-electron chi connectivity index (χ2n) is 6.49. The van der Waals surface area contributed by atoms with E-state index in [0.29, 0.717) is 0 Å². The second kappa shape index (κ2) is 5.00. The fourth-order valence-electron chi connectivity index (χ4n) is 2.11. The SMILES string of the molecule is C[C@H]1[C@H](C(C)(C)O)OC(=O)[C@@H]1NC(=O)OC(C)(C)C. The van der Waals surface area contributed by atoms with Crippen molar-refractivity contribution in [1.82, 2.24) is 5.32 Å². The van der Waals surface area contributed by atoms with Crippen molar-refractivity contribution in [1.29, 1.82) is 0 Å². The Morgan fingerprint density at radius 1 is 1.32 bits per heavy atom. The first kappa shape index (κ1) is 15.8. The predicted octanol–water partition coefficient (Wildman–Crippen LogP) is 1.21. The Hall–Kier alpha value is -1.30. The quantitative estimate of drug-likeness (QED) is 0.739. The minimum atomic E-state index is -1.15. The van der Waals surface area contributed by atoms with Gasteiger partial charge in [-0.2, -0.15) is 0 Å². The number of hydrogen-bond donors (Lipinski definition) is 2. The highest BCUT2D eigenvalue weighted by molar-refractivity contribution is 5.83. The molecule has 1 rings (SSSR count). The fourth-order valence-corrected chi connectivity index (χ4v) is 2.11. The molecule has 6 nitrogen and oxygen atoms in total. The Bertz CT molecular complexity index is 366. The average molecular weight is 273 g/mol. The number of amides is 1. The first-order chi connectivity index (χ1) is 8.42. The van der Waals surface area contributed by atoms with Crippen LogP contribution in [0.1, 0.15) is 41.5 Å². The van der Waals surface area contributed by atoms with E-state index in [1.165, 1.54) is 0 Å². The zero-order valence-corrected chi connectivity index (χ0v) is 12.3. The molecule has 1 aliphatic rings. The molecule has 0 aromatic carbocycles. The van der Waals surface area contributed by atoms with Crippen molar-refractivity contribution < 1.29 is 24.2 Å². The number of esters is 1. The molecule has 6 heteroatoms. The van der Waals surface area contributed by atoms with Crippen LogP contribution in [0.2, 0.25) is 0 Å². The molecule has 0 radical (unpaired) electrons. The number of hydrogen-bond acceptors (Lipinski definition) is 5. The van der Waals surface area contributed by atoms with Crippen LogP contribution >= 0.6 is 0 Å². The highest BCUT2D eigenvalue weighted by atomic mass is 16.6. The maximum atomic E-state index is 11.7. The summed E-state index contributed by atoms with van der Waals surface area (Å²) >= 11 is 0. The minimum absolute atomic E-state index is 0.333. The average Bonchev–Trinajstić information content (AvgIpc) is 2.41. The van der Waals surface area contributed by atoms with Crippen molar-refractivity contribution in [3.8, 4) is 0 Å². The molecular formula is C13H23NO5. The molecule has 1 saturated heterocycles. The van der Waals surface area contributed by atoms with Gasteiger partial charge >= 0.3 is 12.1 Å². The van der Waals surface area contributed by atoms with Gasteiger partial charge in [-0.15, -0.1) is 0 Å². The van der Waals surface area contributed by atoms with Crippen molar-refractivity contribution in [3.05, 3.63) is 0 Å². The lowest BCUT2D eigenvalue weighted by Gasteiger charge is -2.28. The zero-order chi connectivity index (χ0) is 15.0. The monoisotopic (exact) mass is 273 g/mol. The molecule has 110 valence electrons. The predicted molar refractivity (Wildman–Crippen MR) is 68.5 cm³/mol. The normalized spacial score (nSPS) is 27.9. The standard InChI is InChI=1S/C13H23NO5/c1-7-8(14-11(16)19-12(2,3)4)10(15)18-9(7)13(5,6)17/h7-9,17H,1-6H3,(H,14,16)/t7-,8-,9-/m1/s1. The van der Waals surface area contributed by atoms with Crippen molar-refractivity contribution in [3.63, 3.8) is 0 Å². The number of rotatable bonds is 2. The Morgan fingerprint density at radius 2 is 1.84 bits per heavy atom. The summed E-state index contributed by atoms with van der Waals surface area (Å²) in [5, 5.41) is 12.4. The lowest BCUT2D eigenvalue weighted by atomic mass is 9.88. The highest BCUT2D eigenvalue weighted by Gasteiger charge is 2.49. The summed E-state index contributed by atoms with van der Waals surface area (Å²) < 4.78 is 10.2. The Labute approximate surface area is 113 Å². The first-order valence-corrected chi connectivity index (χ1v) is 6.34. The largest absolute Gasteiger partial charge is 0.457 e. The molecule has 1 heterocycles. The molecule has 19 heavy (non-hydrogen) atoms. The molecule has 0 unspecified atom stereocenters. The summed E-state index contributed by atoms with van der Waals surface area (Å²) in [4.78, 5) is 23.4. The number of carbonyl (C=O) groups excluding carboxylic acids is 2. The number of ether oxygens (including phenoxy) is 2. The van der Waals surface area contributed by atoms with Crippen LogP contribution in [0, 0.1) is 5.92 Å². The van der Waals surface area contributed by atoms with Crippen LogP contribution in [0.5, 0.6) is 0 Å². The number of carbonyl (C=O) groups is 2. The Morgan fingerprint density at radius 3 is 2.21 bits per heavy atom. The van der Waals surface area contributed by atoms with Crippen LogP contribution in [0.3, 0.4) is 0 Å². The third-order valence-corrected chi connectivity index (χ3v) is 2.87. The Kier molecular flexibility index (Phi) is 4.14. The van der Waals surface area contributed by atoms with Gasteiger partial charge in [0, 0.05) is 5.92 Å². The van der Waals surface area contributed by atoms with E-state index in [0.717, 1.165) is 0 Å². The first-order valence-electron chi connectivity index (χ1n) is 6.34. The van der Waals surface area contributed by atoms with Gasteiger partial charge in [0.2, 0.25) is 0 Å². The van der Waals surface area contributed by atoms with E-state index in [1.807, 2.05) is 0 Å². The van der Waals surface area contributed by atoms with Gasteiger partial charge in [0.25, 0.3) is 0 Å². The maximum absolute atomic E-state index is 11.7. The van der Waals surface area contributed by atoms with Crippen LogP contribution in [0.25, 0.3) is 0 Å².